The van der Waals surface area contributed by atoms with Crippen molar-refractivity contribution in [2.75, 3.05) is 13.9 Å². The van der Waals surface area contributed by atoms with Crippen molar-refractivity contribution < 1.29 is 28.4 Å². The Labute approximate surface area is 119 Å². The fourth-order valence-corrected chi connectivity index (χ4v) is 2.09. The average molecular weight is 320 g/mol. The van der Waals surface area contributed by atoms with Gasteiger partial charge in [0.15, 0.2) is 19.3 Å². The number of H-pyrrole nitrogens is 1. The van der Waals surface area contributed by atoms with Crippen LogP contribution in [-0.4, -0.2) is 47.1 Å². The number of ether oxygens (including phenoxy) is 3. The number of rotatable bonds is 6. The molecular weight excluding hydrogens is 307 g/mol. The largest absolute Gasteiger partial charge is 0.385 e. The fraction of sp³-hybridized carbons (Fsp3) is 0.600. The Morgan fingerprint density at radius 1 is 1.52 bits per heavy atom. The van der Waals surface area contributed by atoms with E-state index >= 15 is 0 Å². The third-order valence-corrected chi connectivity index (χ3v) is 3.12. The molecule has 2 rings (SSSR count). The molecule has 0 spiro atoms. The van der Waals surface area contributed by atoms with Crippen LogP contribution in [0.5, 0.6) is 0 Å². The minimum atomic E-state index is -1.20. The standard InChI is InChI=1S/C10H13N2O8P/c1-17-7-6(14)9(18-4-19-21-16)20-8(7)12-3-2-5(13)11-10(12)15/h2-3,6-9,14H,4H2,1H3,(H,11,13,15)/t6?,7-,8+,9-/m0/s1. The van der Waals surface area contributed by atoms with Crippen LogP contribution in [0.15, 0.2) is 21.9 Å². The number of hydrogen-bond acceptors (Lipinski definition) is 8. The quantitative estimate of drug-likeness (QED) is 0.386. The number of aromatic amines is 1. The highest BCUT2D eigenvalue weighted by molar-refractivity contribution is 7.17. The van der Waals surface area contributed by atoms with Gasteiger partial charge < -0.3 is 19.3 Å². The first-order valence-electron chi connectivity index (χ1n) is 5.82. The summed E-state index contributed by atoms with van der Waals surface area (Å²) in [5, 5.41) is 10.0. The molecule has 1 fully saturated rings. The second-order valence-corrected chi connectivity index (χ2v) is 4.50. The van der Waals surface area contributed by atoms with Crippen LogP contribution in [0.25, 0.3) is 0 Å². The van der Waals surface area contributed by atoms with Crippen molar-refractivity contribution in [3.63, 3.8) is 0 Å². The van der Waals surface area contributed by atoms with Crippen LogP contribution in [0.4, 0.5) is 0 Å². The van der Waals surface area contributed by atoms with Crippen LogP contribution in [0.2, 0.25) is 0 Å². The summed E-state index contributed by atoms with van der Waals surface area (Å²) in [4.78, 5) is 24.9. The van der Waals surface area contributed by atoms with Crippen LogP contribution in [-0.2, 0) is 23.3 Å². The fourth-order valence-electron chi connectivity index (χ4n) is 1.98. The van der Waals surface area contributed by atoms with Gasteiger partial charge in [0.1, 0.15) is 12.2 Å². The maximum atomic E-state index is 11.7. The molecule has 1 aromatic rings. The number of hydrogen-bond donors (Lipinski definition) is 2. The van der Waals surface area contributed by atoms with Crippen molar-refractivity contribution >= 4 is 8.69 Å². The molecule has 0 aromatic carbocycles. The zero-order valence-electron chi connectivity index (χ0n) is 10.9. The van der Waals surface area contributed by atoms with Gasteiger partial charge in [0.25, 0.3) is 5.56 Å². The van der Waals surface area contributed by atoms with Crippen molar-refractivity contribution in [2.45, 2.75) is 24.7 Å². The second-order valence-electron chi connectivity index (χ2n) is 4.09. The van der Waals surface area contributed by atoms with Gasteiger partial charge in [-0.15, -0.1) is 0 Å². The van der Waals surface area contributed by atoms with E-state index in [4.69, 9.17) is 14.2 Å². The zero-order chi connectivity index (χ0) is 15.4. The lowest BCUT2D eigenvalue weighted by Crippen LogP contribution is -2.38. The predicted octanol–water partition coefficient (Wildman–Crippen LogP) is -1.04. The summed E-state index contributed by atoms with van der Waals surface area (Å²) in [6.07, 6.45) is -3.02. The van der Waals surface area contributed by atoms with Gasteiger partial charge in [-0.05, 0) is 0 Å². The van der Waals surface area contributed by atoms with E-state index < -0.39 is 44.7 Å². The zero-order valence-corrected chi connectivity index (χ0v) is 11.8. The summed E-state index contributed by atoms with van der Waals surface area (Å²) in [5.41, 5.74) is -1.27. The van der Waals surface area contributed by atoms with Gasteiger partial charge in [-0.3, -0.25) is 18.9 Å². The van der Waals surface area contributed by atoms with Gasteiger partial charge in [0, 0.05) is 19.4 Å². The molecule has 0 radical (unpaired) electrons. The van der Waals surface area contributed by atoms with E-state index in [9.17, 15) is 19.3 Å². The summed E-state index contributed by atoms with van der Waals surface area (Å²) in [7, 11) is 0.753. The Kier molecular flexibility index (Phi) is 5.34. The summed E-state index contributed by atoms with van der Waals surface area (Å²) in [6, 6.07) is 1.14. The molecule has 0 bridgehead atoms. The van der Waals surface area contributed by atoms with Crippen LogP contribution < -0.4 is 11.2 Å². The van der Waals surface area contributed by atoms with Crippen molar-refractivity contribution in [1.82, 2.24) is 9.55 Å². The van der Waals surface area contributed by atoms with Crippen molar-refractivity contribution in [3.8, 4) is 0 Å². The number of aromatic nitrogens is 2. The first kappa shape index (κ1) is 16.0. The molecule has 4 atom stereocenters. The van der Waals surface area contributed by atoms with Gasteiger partial charge in [0.05, 0.1) is 0 Å². The van der Waals surface area contributed by atoms with Gasteiger partial charge in [0.2, 0.25) is 0 Å². The van der Waals surface area contributed by atoms with Crippen LogP contribution in [0.1, 0.15) is 6.23 Å². The SMILES string of the molecule is CO[C@H]1C(O)[C@@H](OCOP=O)O[C@H]1n1ccc(=O)[nH]c1=O. The van der Waals surface area contributed by atoms with Gasteiger partial charge >= 0.3 is 14.4 Å². The van der Waals surface area contributed by atoms with Gasteiger partial charge in [-0.2, -0.15) is 0 Å². The highest BCUT2D eigenvalue weighted by Gasteiger charge is 2.46. The van der Waals surface area contributed by atoms with Crippen molar-refractivity contribution in [1.29, 1.82) is 0 Å². The minimum absolute atomic E-state index is 0.379. The number of aliphatic hydroxyl groups is 1. The van der Waals surface area contributed by atoms with E-state index in [1.165, 1.54) is 13.3 Å². The van der Waals surface area contributed by atoms with E-state index in [0.717, 1.165) is 10.6 Å². The molecule has 0 aliphatic carbocycles. The van der Waals surface area contributed by atoms with E-state index in [2.05, 4.69) is 9.51 Å². The number of aliphatic hydroxyl groups excluding tert-OH is 1. The van der Waals surface area contributed by atoms with Crippen LogP contribution in [0.3, 0.4) is 0 Å². The molecule has 1 aliphatic rings. The molecule has 21 heavy (non-hydrogen) atoms. The second kappa shape index (κ2) is 7.03. The maximum absolute atomic E-state index is 11.7. The van der Waals surface area contributed by atoms with Crippen LogP contribution in [0, 0.1) is 0 Å². The maximum Gasteiger partial charge on any atom is 0.330 e. The van der Waals surface area contributed by atoms with Gasteiger partial charge in [-0.1, -0.05) is 0 Å². The van der Waals surface area contributed by atoms with Crippen molar-refractivity contribution in [2.24, 2.45) is 0 Å². The van der Waals surface area contributed by atoms with E-state index in [-0.39, 0.29) is 6.79 Å². The monoisotopic (exact) mass is 320 g/mol. The highest BCUT2D eigenvalue weighted by atomic mass is 31.1. The summed E-state index contributed by atoms with van der Waals surface area (Å²) < 4.78 is 31.2. The lowest BCUT2D eigenvalue weighted by Gasteiger charge is -2.19. The Balaban J connectivity index is 2.20. The minimum Gasteiger partial charge on any atom is -0.385 e. The topological polar surface area (TPSA) is 129 Å². The Morgan fingerprint density at radius 2 is 2.29 bits per heavy atom. The number of nitrogens with one attached hydrogen (secondary N) is 1. The predicted molar refractivity (Wildman–Crippen MR) is 66.7 cm³/mol. The first-order chi connectivity index (χ1) is 10.1. The molecule has 0 amide bonds. The molecule has 0 saturated carbocycles. The Hall–Kier alpha value is -1.42. The molecule has 2 N–H and O–H groups in total. The molecule has 11 heteroatoms. The van der Waals surface area contributed by atoms with E-state index in [1.807, 2.05) is 0 Å². The third kappa shape index (κ3) is 3.43. The Morgan fingerprint density at radius 3 is 2.90 bits per heavy atom. The number of nitrogens with zero attached hydrogens (tertiary/aromatic N) is 1. The first-order valence-corrected chi connectivity index (χ1v) is 6.55. The molecular formula is C10H13N2O8P. The molecule has 1 saturated heterocycles. The molecule has 1 aliphatic heterocycles. The van der Waals surface area contributed by atoms with Crippen molar-refractivity contribution in [3.05, 3.63) is 33.1 Å². The molecule has 10 nitrogen and oxygen atoms in total. The summed E-state index contributed by atoms with van der Waals surface area (Å²) in [6.45, 7) is -0.379. The highest BCUT2D eigenvalue weighted by Crippen LogP contribution is 2.30. The normalized spacial score (nSPS) is 29.0. The lowest BCUT2D eigenvalue weighted by molar-refractivity contribution is -0.201. The molecule has 1 aromatic heterocycles. The number of methoxy groups -OCH3 is 1. The average Bonchev–Trinajstić information content (AvgIpc) is 2.75. The summed E-state index contributed by atoms with van der Waals surface area (Å²) in [5.74, 6) is 0. The lowest BCUT2D eigenvalue weighted by atomic mass is 10.2. The Bertz CT molecular complexity index is 601. The van der Waals surface area contributed by atoms with Crippen LogP contribution >= 0.6 is 8.69 Å². The van der Waals surface area contributed by atoms with Gasteiger partial charge in [-0.25, -0.2) is 9.36 Å². The van der Waals surface area contributed by atoms with E-state index in [1.54, 1.807) is 0 Å². The van der Waals surface area contributed by atoms with E-state index in [0.29, 0.717) is 0 Å². The summed E-state index contributed by atoms with van der Waals surface area (Å²) >= 11 is 0. The smallest absolute Gasteiger partial charge is 0.330 e. The molecule has 2 heterocycles. The molecule has 1 unspecified atom stereocenters. The third-order valence-electron chi connectivity index (χ3n) is 2.91. The molecule has 116 valence electrons.